The van der Waals surface area contributed by atoms with E-state index in [0.29, 0.717) is 5.69 Å². The molecule has 0 saturated carbocycles. The summed E-state index contributed by atoms with van der Waals surface area (Å²) in [6, 6.07) is 12.1. The maximum Gasteiger partial charge on any atom is 0.138 e. The summed E-state index contributed by atoms with van der Waals surface area (Å²) in [5.41, 5.74) is 10.6. The SMILES string of the molecule is CN(C)c1cccc(-c2nc3c(N)cc(Br)cc3[nH]2)c1. The van der Waals surface area contributed by atoms with Crippen LogP contribution in [0.2, 0.25) is 0 Å². The molecule has 0 saturated heterocycles. The molecule has 1 aromatic heterocycles. The Kier molecular flexibility index (Phi) is 3.14. The van der Waals surface area contributed by atoms with Crippen LogP contribution in [0.3, 0.4) is 0 Å². The van der Waals surface area contributed by atoms with Crippen molar-refractivity contribution in [2.24, 2.45) is 0 Å². The van der Waals surface area contributed by atoms with E-state index in [9.17, 15) is 0 Å². The van der Waals surface area contributed by atoms with Crippen LogP contribution in [0.5, 0.6) is 0 Å². The first-order valence-corrected chi connectivity index (χ1v) is 7.06. The molecule has 0 atom stereocenters. The lowest BCUT2D eigenvalue weighted by Gasteiger charge is -2.12. The number of H-pyrrole nitrogens is 1. The number of benzene rings is 2. The molecule has 0 aliphatic rings. The molecule has 3 N–H and O–H groups in total. The molecule has 20 heavy (non-hydrogen) atoms. The molecule has 0 spiro atoms. The summed E-state index contributed by atoms with van der Waals surface area (Å²) in [7, 11) is 4.04. The Bertz CT molecular complexity index is 777. The molecular formula is C15H15BrN4. The summed E-state index contributed by atoms with van der Waals surface area (Å²) in [5, 5.41) is 0. The van der Waals surface area contributed by atoms with Crippen molar-refractivity contribution in [3.8, 4) is 11.4 Å². The second-order valence-electron chi connectivity index (χ2n) is 4.92. The lowest BCUT2D eigenvalue weighted by atomic mass is 10.2. The molecular weight excluding hydrogens is 316 g/mol. The van der Waals surface area contributed by atoms with Crippen molar-refractivity contribution < 1.29 is 0 Å². The van der Waals surface area contributed by atoms with Gasteiger partial charge in [0.15, 0.2) is 0 Å². The van der Waals surface area contributed by atoms with Crippen molar-refractivity contribution >= 4 is 38.3 Å². The topological polar surface area (TPSA) is 57.9 Å². The maximum atomic E-state index is 6.01. The minimum absolute atomic E-state index is 0.667. The van der Waals surface area contributed by atoms with Crippen LogP contribution in [0.1, 0.15) is 0 Å². The number of nitrogens with one attached hydrogen (secondary N) is 1. The van der Waals surface area contributed by atoms with E-state index in [2.05, 4.69) is 42.9 Å². The minimum atomic E-state index is 0.667. The van der Waals surface area contributed by atoms with E-state index in [4.69, 9.17) is 5.73 Å². The van der Waals surface area contributed by atoms with Crippen LogP contribution >= 0.6 is 15.9 Å². The Morgan fingerprint density at radius 1 is 1.20 bits per heavy atom. The van der Waals surface area contributed by atoms with Gasteiger partial charge in [-0.15, -0.1) is 0 Å². The predicted molar refractivity (Wildman–Crippen MR) is 88.0 cm³/mol. The summed E-state index contributed by atoms with van der Waals surface area (Å²) in [4.78, 5) is 9.99. The lowest BCUT2D eigenvalue weighted by Crippen LogP contribution is -2.08. The van der Waals surface area contributed by atoms with Gasteiger partial charge in [0, 0.05) is 29.8 Å². The highest BCUT2D eigenvalue weighted by atomic mass is 79.9. The average molecular weight is 331 g/mol. The molecule has 3 aromatic rings. The maximum absolute atomic E-state index is 6.01. The van der Waals surface area contributed by atoms with E-state index >= 15 is 0 Å². The molecule has 0 bridgehead atoms. The zero-order valence-electron chi connectivity index (χ0n) is 11.3. The summed E-state index contributed by atoms with van der Waals surface area (Å²) in [5.74, 6) is 0.827. The van der Waals surface area contributed by atoms with Gasteiger partial charge in [0.2, 0.25) is 0 Å². The molecule has 0 fully saturated rings. The van der Waals surface area contributed by atoms with Gasteiger partial charge in [-0.25, -0.2) is 4.98 Å². The van der Waals surface area contributed by atoms with Gasteiger partial charge in [-0.3, -0.25) is 0 Å². The third-order valence-corrected chi connectivity index (χ3v) is 3.67. The number of imidazole rings is 1. The number of nitrogens with zero attached hydrogens (tertiary/aromatic N) is 2. The van der Waals surface area contributed by atoms with Crippen LogP contribution in [0.4, 0.5) is 11.4 Å². The highest BCUT2D eigenvalue weighted by Crippen LogP contribution is 2.28. The van der Waals surface area contributed by atoms with E-state index in [1.165, 1.54) is 0 Å². The highest BCUT2D eigenvalue weighted by Gasteiger charge is 2.09. The molecule has 5 heteroatoms. The number of fused-ring (bicyclic) bond motifs is 1. The van der Waals surface area contributed by atoms with Gasteiger partial charge in [-0.05, 0) is 24.3 Å². The van der Waals surface area contributed by atoms with Gasteiger partial charge in [-0.1, -0.05) is 28.1 Å². The number of hydrogen-bond acceptors (Lipinski definition) is 3. The predicted octanol–water partition coefficient (Wildman–Crippen LogP) is 3.64. The number of halogens is 1. The molecule has 0 amide bonds. The first-order chi connectivity index (χ1) is 9.54. The van der Waals surface area contributed by atoms with Crippen LogP contribution in [-0.4, -0.2) is 24.1 Å². The molecule has 0 aliphatic heterocycles. The minimum Gasteiger partial charge on any atom is -0.397 e. The van der Waals surface area contributed by atoms with Crippen LogP contribution in [0.15, 0.2) is 40.9 Å². The fourth-order valence-electron chi connectivity index (χ4n) is 2.18. The monoisotopic (exact) mass is 330 g/mol. The Morgan fingerprint density at radius 3 is 2.75 bits per heavy atom. The average Bonchev–Trinajstić information content (AvgIpc) is 2.83. The zero-order valence-corrected chi connectivity index (χ0v) is 12.9. The molecule has 0 radical (unpaired) electrons. The number of nitrogen functional groups attached to an aromatic ring is 1. The van der Waals surface area contributed by atoms with Gasteiger partial charge < -0.3 is 15.6 Å². The smallest absolute Gasteiger partial charge is 0.138 e. The summed E-state index contributed by atoms with van der Waals surface area (Å²) in [6.07, 6.45) is 0. The fourth-order valence-corrected chi connectivity index (χ4v) is 2.65. The third kappa shape index (κ3) is 2.25. The molecule has 4 nitrogen and oxygen atoms in total. The van der Waals surface area contributed by atoms with E-state index < -0.39 is 0 Å². The third-order valence-electron chi connectivity index (χ3n) is 3.22. The second kappa shape index (κ2) is 4.83. The van der Waals surface area contributed by atoms with E-state index in [1.807, 2.05) is 38.4 Å². The van der Waals surface area contributed by atoms with Crippen molar-refractivity contribution in [1.29, 1.82) is 0 Å². The van der Waals surface area contributed by atoms with Gasteiger partial charge in [0.05, 0.1) is 11.2 Å². The van der Waals surface area contributed by atoms with Crippen LogP contribution in [0.25, 0.3) is 22.4 Å². The summed E-state index contributed by atoms with van der Waals surface area (Å²) >= 11 is 3.44. The second-order valence-corrected chi connectivity index (χ2v) is 5.84. The van der Waals surface area contributed by atoms with Crippen molar-refractivity contribution in [1.82, 2.24) is 9.97 Å². The lowest BCUT2D eigenvalue weighted by molar-refractivity contribution is 1.13. The molecule has 1 heterocycles. The largest absolute Gasteiger partial charge is 0.397 e. The van der Waals surface area contributed by atoms with Gasteiger partial charge in [0.1, 0.15) is 11.3 Å². The number of aromatic nitrogens is 2. The Balaban J connectivity index is 2.15. The van der Waals surface area contributed by atoms with Crippen molar-refractivity contribution in [3.05, 3.63) is 40.9 Å². The van der Waals surface area contributed by atoms with Crippen LogP contribution in [0, 0.1) is 0 Å². The molecule has 102 valence electrons. The summed E-state index contributed by atoms with van der Waals surface area (Å²) < 4.78 is 0.944. The van der Waals surface area contributed by atoms with E-state index in [-0.39, 0.29) is 0 Å². The standard InChI is InChI=1S/C15H15BrN4/c1-20(2)11-5-3-4-9(6-11)15-18-13-8-10(16)7-12(17)14(13)19-15/h3-8H,17H2,1-2H3,(H,18,19). The molecule has 0 unspecified atom stereocenters. The van der Waals surface area contributed by atoms with Gasteiger partial charge in [0.25, 0.3) is 0 Å². The molecule has 0 aliphatic carbocycles. The number of anilines is 2. The van der Waals surface area contributed by atoms with Gasteiger partial charge >= 0.3 is 0 Å². The first kappa shape index (κ1) is 13.0. The van der Waals surface area contributed by atoms with Crippen molar-refractivity contribution in [2.45, 2.75) is 0 Å². The Morgan fingerprint density at radius 2 is 2.00 bits per heavy atom. The molecule has 3 rings (SSSR count). The van der Waals surface area contributed by atoms with Crippen molar-refractivity contribution in [2.75, 3.05) is 24.7 Å². The van der Waals surface area contributed by atoms with E-state index in [1.54, 1.807) is 0 Å². The van der Waals surface area contributed by atoms with Crippen LogP contribution in [-0.2, 0) is 0 Å². The number of nitrogens with two attached hydrogens (primary N) is 1. The van der Waals surface area contributed by atoms with E-state index in [0.717, 1.165) is 32.6 Å². The number of hydrogen-bond donors (Lipinski definition) is 2. The number of aromatic amines is 1. The van der Waals surface area contributed by atoms with Crippen molar-refractivity contribution in [3.63, 3.8) is 0 Å². The zero-order chi connectivity index (χ0) is 14.3. The van der Waals surface area contributed by atoms with Crippen LogP contribution < -0.4 is 10.6 Å². The van der Waals surface area contributed by atoms with Gasteiger partial charge in [-0.2, -0.15) is 0 Å². The summed E-state index contributed by atoms with van der Waals surface area (Å²) in [6.45, 7) is 0. The quantitative estimate of drug-likeness (QED) is 0.705. The Hall–Kier alpha value is -2.01. The normalized spacial score (nSPS) is 10.9. The highest BCUT2D eigenvalue weighted by molar-refractivity contribution is 9.10. The first-order valence-electron chi connectivity index (χ1n) is 6.27. The fraction of sp³-hybridized carbons (Fsp3) is 0.133. The number of rotatable bonds is 2. The molecule has 2 aromatic carbocycles. The Labute approximate surface area is 125 Å².